The third-order valence-corrected chi connectivity index (χ3v) is 5.92. The number of halogens is 1. The fraction of sp³-hybridized carbons (Fsp3) is 0.364. The first kappa shape index (κ1) is 19.4. The van der Waals surface area contributed by atoms with Crippen LogP contribution in [0.25, 0.3) is 0 Å². The predicted molar refractivity (Wildman–Crippen MR) is 108 cm³/mol. The number of methoxy groups -OCH3 is 1. The molecule has 2 aromatic carbocycles. The maximum absolute atomic E-state index is 14.0. The molecule has 2 aromatic rings. The molecule has 0 unspecified atom stereocenters. The highest BCUT2D eigenvalue weighted by atomic mass is 19.1. The molecular formula is C22H24FN3O3. The Balaban J connectivity index is 1.71. The highest BCUT2D eigenvalue weighted by Gasteiger charge is 2.60. The SMILES string of the molecule is COc1ccc(NC(=O)[C@H]2C[C@H](C(C)C)N[C@]23C(=O)Nc2ccc(F)cc23)cc1. The van der Waals surface area contributed by atoms with E-state index in [9.17, 15) is 14.0 Å². The zero-order valence-electron chi connectivity index (χ0n) is 16.6. The first-order valence-corrected chi connectivity index (χ1v) is 9.69. The molecule has 0 saturated carbocycles. The van der Waals surface area contributed by atoms with E-state index in [0.717, 1.165) is 0 Å². The van der Waals surface area contributed by atoms with Gasteiger partial charge in [-0.2, -0.15) is 0 Å². The van der Waals surface area contributed by atoms with E-state index in [1.165, 1.54) is 12.1 Å². The van der Waals surface area contributed by atoms with Crippen molar-refractivity contribution in [1.29, 1.82) is 0 Å². The van der Waals surface area contributed by atoms with Crippen LogP contribution in [0.5, 0.6) is 5.75 Å². The summed E-state index contributed by atoms with van der Waals surface area (Å²) in [6.07, 6.45) is 0.475. The molecule has 1 fully saturated rings. The molecule has 4 rings (SSSR count). The van der Waals surface area contributed by atoms with E-state index in [1.807, 2.05) is 13.8 Å². The number of rotatable bonds is 4. The van der Waals surface area contributed by atoms with E-state index in [2.05, 4.69) is 16.0 Å². The van der Waals surface area contributed by atoms with Gasteiger partial charge in [0.1, 0.15) is 17.1 Å². The standard InChI is InChI=1S/C22H24FN3O3/c1-12(2)19-11-17(20(27)24-14-5-7-15(29-3)8-6-14)22(26-19)16-10-13(23)4-9-18(16)25-21(22)28/h4-10,12,17,19,26H,11H2,1-3H3,(H,24,27)(H,25,28)/t17-,19-,22+/m1/s1. The fourth-order valence-corrected chi connectivity index (χ4v) is 4.31. The average Bonchev–Trinajstić information content (AvgIpc) is 3.23. The topological polar surface area (TPSA) is 79.5 Å². The van der Waals surface area contributed by atoms with Crippen LogP contribution in [0.2, 0.25) is 0 Å². The Hall–Kier alpha value is -2.93. The molecule has 2 amide bonds. The van der Waals surface area contributed by atoms with Crippen LogP contribution in [0.4, 0.5) is 15.8 Å². The first-order chi connectivity index (χ1) is 13.8. The van der Waals surface area contributed by atoms with Gasteiger partial charge in [-0.25, -0.2) is 4.39 Å². The van der Waals surface area contributed by atoms with Gasteiger partial charge in [-0.05, 0) is 54.8 Å². The summed E-state index contributed by atoms with van der Waals surface area (Å²) in [5, 5.41) is 9.09. The van der Waals surface area contributed by atoms with Crippen LogP contribution in [-0.2, 0) is 15.1 Å². The highest BCUT2D eigenvalue weighted by molar-refractivity contribution is 6.10. The Kier molecular flexibility index (Phi) is 4.78. The lowest BCUT2D eigenvalue weighted by molar-refractivity contribution is -0.130. The van der Waals surface area contributed by atoms with E-state index in [0.29, 0.717) is 29.1 Å². The number of benzene rings is 2. The third-order valence-electron chi connectivity index (χ3n) is 5.92. The Morgan fingerprint density at radius 1 is 1.24 bits per heavy atom. The quantitative estimate of drug-likeness (QED) is 0.740. The minimum atomic E-state index is -1.29. The molecule has 2 aliphatic heterocycles. The van der Waals surface area contributed by atoms with Gasteiger partial charge >= 0.3 is 0 Å². The number of carbonyl (C=O) groups is 2. The summed E-state index contributed by atoms with van der Waals surface area (Å²) in [5.74, 6) is -0.837. The van der Waals surface area contributed by atoms with Gasteiger partial charge in [0.15, 0.2) is 0 Å². The normalized spacial score (nSPS) is 25.2. The van der Waals surface area contributed by atoms with E-state index in [1.54, 1.807) is 37.4 Å². The van der Waals surface area contributed by atoms with Crippen LogP contribution in [0.1, 0.15) is 25.8 Å². The van der Waals surface area contributed by atoms with Crippen LogP contribution in [0.3, 0.4) is 0 Å². The van der Waals surface area contributed by atoms with Crippen molar-refractivity contribution in [2.24, 2.45) is 11.8 Å². The lowest BCUT2D eigenvalue weighted by Gasteiger charge is -2.29. The molecule has 0 radical (unpaired) electrons. The van der Waals surface area contributed by atoms with Crippen molar-refractivity contribution in [2.45, 2.75) is 31.8 Å². The van der Waals surface area contributed by atoms with Gasteiger partial charge in [-0.1, -0.05) is 13.8 Å². The molecule has 3 atom stereocenters. The zero-order valence-corrected chi connectivity index (χ0v) is 16.6. The zero-order chi connectivity index (χ0) is 20.8. The number of ether oxygens (including phenoxy) is 1. The summed E-state index contributed by atoms with van der Waals surface area (Å²) in [6.45, 7) is 4.07. The Bertz CT molecular complexity index is 960. The van der Waals surface area contributed by atoms with E-state index >= 15 is 0 Å². The predicted octanol–water partition coefficient (Wildman–Crippen LogP) is 3.25. The van der Waals surface area contributed by atoms with Gasteiger partial charge in [-0.15, -0.1) is 0 Å². The maximum Gasteiger partial charge on any atom is 0.250 e. The Morgan fingerprint density at radius 3 is 2.62 bits per heavy atom. The highest BCUT2D eigenvalue weighted by Crippen LogP contribution is 2.48. The van der Waals surface area contributed by atoms with Gasteiger partial charge in [0.05, 0.1) is 13.0 Å². The van der Waals surface area contributed by atoms with Crippen LogP contribution in [-0.4, -0.2) is 25.0 Å². The van der Waals surface area contributed by atoms with Crippen molar-refractivity contribution in [3.8, 4) is 5.75 Å². The molecule has 1 saturated heterocycles. The summed E-state index contributed by atoms with van der Waals surface area (Å²) >= 11 is 0. The van der Waals surface area contributed by atoms with Crippen molar-refractivity contribution in [3.63, 3.8) is 0 Å². The number of amides is 2. The molecule has 0 aliphatic carbocycles. The average molecular weight is 397 g/mol. The van der Waals surface area contributed by atoms with Crippen molar-refractivity contribution >= 4 is 23.2 Å². The Labute approximate surface area is 168 Å². The van der Waals surface area contributed by atoms with E-state index < -0.39 is 17.3 Å². The molecule has 2 heterocycles. The van der Waals surface area contributed by atoms with Gasteiger partial charge in [0.25, 0.3) is 0 Å². The lowest BCUT2D eigenvalue weighted by Crippen LogP contribution is -2.52. The van der Waals surface area contributed by atoms with Crippen LogP contribution in [0, 0.1) is 17.7 Å². The molecule has 2 aliphatic rings. The summed E-state index contributed by atoms with van der Waals surface area (Å²) in [4.78, 5) is 26.4. The van der Waals surface area contributed by atoms with Gasteiger partial charge in [-0.3, -0.25) is 14.9 Å². The monoisotopic (exact) mass is 397 g/mol. The third kappa shape index (κ3) is 3.15. The number of hydrogen-bond donors (Lipinski definition) is 3. The number of nitrogens with one attached hydrogen (secondary N) is 3. The van der Waals surface area contributed by atoms with Crippen molar-refractivity contribution in [2.75, 3.05) is 17.7 Å². The smallest absolute Gasteiger partial charge is 0.250 e. The van der Waals surface area contributed by atoms with Crippen LogP contribution >= 0.6 is 0 Å². The molecule has 152 valence electrons. The molecular weight excluding hydrogens is 373 g/mol. The summed E-state index contributed by atoms with van der Waals surface area (Å²) in [5.41, 5.74) is 0.344. The second-order valence-corrected chi connectivity index (χ2v) is 7.95. The van der Waals surface area contributed by atoms with Gasteiger partial charge in [0.2, 0.25) is 11.8 Å². The van der Waals surface area contributed by atoms with E-state index in [4.69, 9.17) is 4.74 Å². The second kappa shape index (κ2) is 7.15. The van der Waals surface area contributed by atoms with Crippen LogP contribution in [0.15, 0.2) is 42.5 Å². The minimum Gasteiger partial charge on any atom is -0.497 e. The molecule has 6 nitrogen and oxygen atoms in total. The number of hydrogen-bond acceptors (Lipinski definition) is 4. The van der Waals surface area contributed by atoms with Gasteiger partial charge in [0, 0.05) is 23.0 Å². The largest absolute Gasteiger partial charge is 0.497 e. The summed E-state index contributed by atoms with van der Waals surface area (Å²) < 4.78 is 19.2. The lowest BCUT2D eigenvalue weighted by atomic mass is 9.79. The summed E-state index contributed by atoms with van der Waals surface area (Å²) in [6, 6.07) is 11.1. The van der Waals surface area contributed by atoms with E-state index in [-0.39, 0.29) is 23.8 Å². The van der Waals surface area contributed by atoms with Crippen molar-refractivity contribution in [1.82, 2.24) is 5.32 Å². The molecule has 0 bridgehead atoms. The molecule has 1 spiro atoms. The Morgan fingerprint density at radius 2 is 1.97 bits per heavy atom. The number of anilines is 2. The number of fused-ring (bicyclic) bond motifs is 2. The van der Waals surface area contributed by atoms with Crippen molar-refractivity contribution < 1.29 is 18.7 Å². The molecule has 0 aromatic heterocycles. The first-order valence-electron chi connectivity index (χ1n) is 9.69. The van der Waals surface area contributed by atoms with Crippen molar-refractivity contribution in [3.05, 3.63) is 53.8 Å². The molecule has 29 heavy (non-hydrogen) atoms. The fourth-order valence-electron chi connectivity index (χ4n) is 4.31. The molecule has 7 heteroatoms. The summed E-state index contributed by atoms with van der Waals surface area (Å²) in [7, 11) is 1.57. The number of carbonyl (C=O) groups excluding carboxylic acids is 2. The molecule has 3 N–H and O–H groups in total. The maximum atomic E-state index is 14.0. The van der Waals surface area contributed by atoms with Crippen LogP contribution < -0.4 is 20.7 Å². The minimum absolute atomic E-state index is 0.0541. The van der Waals surface area contributed by atoms with Gasteiger partial charge < -0.3 is 15.4 Å². The second-order valence-electron chi connectivity index (χ2n) is 7.95.